The van der Waals surface area contributed by atoms with Crippen LogP contribution in [0.1, 0.15) is 51.6 Å². The van der Waals surface area contributed by atoms with Gasteiger partial charge in [-0.2, -0.15) is 0 Å². The van der Waals surface area contributed by atoms with Gasteiger partial charge in [-0.15, -0.1) is 0 Å². The second-order valence-corrected chi connectivity index (χ2v) is 8.69. The first-order valence-electron chi connectivity index (χ1n) is 10.6. The van der Waals surface area contributed by atoms with Crippen molar-refractivity contribution in [3.05, 3.63) is 35.4 Å². The van der Waals surface area contributed by atoms with E-state index in [0.717, 1.165) is 81.1 Å². The SMILES string of the molecule is C.OC1CCC(Cc2cc(-c3cncc(NC[C@H]4CCCOC4)n3)c(Cl)cn2)CC1. The Kier molecular flexibility index (Phi) is 8.42. The molecule has 4 rings (SSSR count). The Morgan fingerprint density at radius 1 is 1.10 bits per heavy atom. The molecular weight excluding hydrogens is 400 g/mol. The van der Waals surface area contributed by atoms with E-state index >= 15 is 0 Å². The van der Waals surface area contributed by atoms with Crippen molar-refractivity contribution >= 4 is 17.4 Å². The third kappa shape index (κ3) is 6.13. The maximum absolute atomic E-state index is 9.71. The summed E-state index contributed by atoms with van der Waals surface area (Å²) in [5, 5.41) is 13.7. The van der Waals surface area contributed by atoms with E-state index in [1.54, 1.807) is 18.6 Å². The Labute approximate surface area is 184 Å². The third-order valence-corrected chi connectivity index (χ3v) is 6.26. The molecule has 1 atom stereocenters. The van der Waals surface area contributed by atoms with Gasteiger partial charge in [0.25, 0.3) is 0 Å². The number of hydrogen-bond donors (Lipinski definition) is 2. The molecule has 1 aliphatic carbocycles. The molecule has 0 unspecified atom stereocenters. The van der Waals surface area contributed by atoms with Crippen molar-refractivity contribution in [1.82, 2.24) is 15.0 Å². The fraction of sp³-hybridized carbons (Fsp3) is 0.609. The van der Waals surface area contributed by atoms with Crippen molar-refractivity contribution in [1.29, 1.82) is 0 Å². The molecule has 1 aliphatic heterocycles. The molecule has 1 saturated heterocycles. The topological polar surface area (TPSA) is 80.2 Å². The van der Waals surface area contributed by atoms with Crippen molar-refractivity contribution in [2.75, 3.05) is 25.1 Å². The average molecular weight is 433 g/mol. The van der Waals surface area contributed by atoms with Crippen LogP contribution in [0.5, 0.6) is 0 Å². The van der Waals surface area contributed by atoms with Gasteiger partial charge in [0.15, 0.2) is 0 Å². The number of rotatable bonds is 6. The summed E-state index contributed by atoms with van der Waals surface area (Å²) >= 11 is 6.44. The molecule has 0 bridgehead atoms. The van der Waals surface area contributed by atoms with Crippen molar-refractivity contribution in [2.45, 2.75) is 58.5 Å². The number of ether oxygens (including phenoxy) is 1. The Balaban J connectivity index is 0.00000256. The molecule has 2 aromatic heterocycles. The van der Waals surface area contributed by atoms with Crippen LogP contribution in [-0.2, 0) is 11.2 Å². The predicted octanol–water partition coefficient (Wildman–Crippen LogP) is 4.76. The summed E-state index contributed by atoms with van der Waals surface area (Å²) in [4.78, 5) is 13.6. The van der Waals surface area contributed by atoms with Gasteiger partial charge < -0.3 is 15.2 Å². The number of nitrogens with one attached hydrogen (secondary N) is 1. The van der Waals surface area contributed by atoms with Crippen LogP contribution in [0.3, 0.4) is 0 Å². The lowest BCUT2D eigenvalue weighted by Gasteiger charge is -2.25. The Hall–Kier alpha value is -1.76. The van der Waals surface area contributed by atoms with E-state index < -0.39 is 0 Å². The van der Waals surface area contributed by atoms with E-state index in [-0.39, 0.29) is 13.5 Å². The minimum absolute atomic E-state index is 0. The Morgan fingerprint density at radius 3 is 2.70 bits per heavy atom. The van der Waals surface area contributed by atoms with Gasteiger partial charge in [-0.3, -0.25) is 9.97 Å². The summed E-state index contributed by atoms with van der Waals surface area (Å²) in [7, 11) is 0. The summed E-state index contributed by atoms with van der Waals surface area (Å²) < 4.78 is 5.55. The molecule has 30 heavy (non-hydrogen) atoms. The standard InChI is InChI=1S/C22H29ClN4O2.CH4/c23-20-11-25-17(8-15-3-5-18(28)6-4-15)9-19(20)21-12-24-13-22(27-21)26-10-16-2-1-7-29-14-16;/h9,11-13,15-16,18,28H,1-8,10,14H2,(H,26,27);1H4/t15?,16-,18?;/m1./s1. The molecule has 2 N–H and O–H groups in total. The van der Waals surface area contributed by atoms with Crippen LogP contribution in [-0.4, -0.2) is 45.9 Å². The summed E-state index contributed by atoms with van der Waals surface area (Å²) in [6.07, 6.45) is 12.1. The van der Waals surface area contributed by atoms with Gasteiger partial charge >= 0.3 is 0 Å². The molecular formula is C23H33ClN4O2. The number of pyridine rings is 1. The minimum atomic E-state index is -0.134. The van der Waals surface area contributed by atoms with Crippen LogP contribution in [0, 0.1) is 11.8 Å². The molecule has 3 heterocycles. The highest BCUT2D eigenvalue weighted by Gasteiger charge is 2.21. The molecule has 6 nitrogen and oxygen atoms in total. The van der Waals surface area contributed by atoms with Gasteiger partial charge in [0.05, 0.1) is 35.8 Å². The molecule has 0 amide bonds. The zero-order valence-electron chi connectivity index (χ0n) is 16.7. The van der Waals surface area contributed by atoms with Crippen LogP contribution in [0.25, 0.3) is 11.3 Å². The molecule has 0 spiro atoms. The lowest BCUT2D eigenvalue weighted by Crippen LogP contribution is -2.24. The van der Waals surface area contributed by atoms with Crippen LogP contribution >= 0.6 is 11.6 Å². The zero-order valence-corrected chi connectivity index (χ0v) is 17.4. The van der Waals surface area contributed by atoms with Crippen LogP contribution in [0.15, 0.2) is 24.7 Å². The van der Waals surface area contributed by atoms with E-state index in [2.05, 4.69) is 15.3 Å². The van der Waals surface area contributed by atoms with E-state index in [1.165, 1.54) is 6.42 Å². The lowest BCUT2D eigenvalue weighted by atomic mass is 9.84. The first-order chi connectivity index (χ1) is 14.2. The van der Waals surface area contributed by atoms with Gasteiger partial charge in [-0.25, -0.2) is 4.98 Å². The summed E-state index contributed by atoms with van der Waals surface area (Å²) in [5.74, 6) is 1.83. The van der Waals surface area contributed by atoms with Crippen LogP contribution < -0.4 is 5.32 Å². The molecule has 7 heteroatoms. The summed E-state index contributed by atoms with van der Waals surface area (Å²) in [6, 6.07) is 2.04. The number of halogens is 1. The van der Waals surface area contributed by atoms with Gasteiger partial charge in [0, 0.05) is 30.6 Å². The highest BCUT2D eigenvalue weighted by Crippen LogP contribution is 2.30. The van der Waals surface area contributed by atoms with Crippen molar-refractivity contribution in [3.63, 3.8) is 0 Å². The van der Waals surface area contributed by atoms with Gasteiger partial charge in [0.1, 0.15) is 5.82 Å². The van der Waals surface area contributed by atoms with E-state index in [0.29, 0.717) is 16.9 Å². The van der Waals surface area contributed by atoms with Gasteiger partial charge in [0.2, 0.25) is 0 Å². The molecule has 2 aromatic rings. The van der Waals surface area contributed by atoms with E-state index in [1.807, 2.05) is 6.07 Å². The summed E-state index contributed by atoms with van der Waals surface area (Å²) in [5.41, 5.74) is 2.64. The van der Waals surface area contributed by atoms with Gasteiger partial charge in [-0.1, -0.05) is 19.0 Å². The number of nitrogens with zero attached hydrogens (tertiary/aromatic N) is 3. The van der Waals surface area contributed by atoms with E-state index in [9.17, 15) is 5.11 Å². The molecule has 2 fully saturated rings. The number of hydrogen-bond acceptors (Lipinski definition) is 6. The number of aliphatic hydroxyl groups is 1. The molecule has 1 saturated carbocycles. The Morgan fingerprint density at radius 2 is 1.93 bits per heavy atom. The van der Waals surface area contributed by atoms with Crippen molar-refractivity contribution in [2.24, 2.45) is 11.8 Å². The minimum Gasteiger partial charge on any atom is -0.393 e. The smallest absolute Gasteiger partial charge is 0.145 e. The number of aliphatic hydroxyl groups excluding tert-OH is 1. The maximum atomic E-state index is 9.71. The molecule has 164 valence electrons. The van der Waals surface area contributed by atoms with Gasteiger partial charge in [-0.05, 0) is 62.8 Å². The number of anilines is 1. The third-order valence-electron chi connectivity index (χ3n) is 5.96. The normalized spacial score (nSPS) is 24.1. The predicted molar refractivity (Wildman–Crippen MR) is 121 cm³/mol. The average Bonchev–Trinajstić information content (AvgIpc) is 2.76. The monoisotopic (exact) mass is 432 g/mol. The largest absolute Gasteiger partial charge is 0.393 e. The molecule has 0 radical (unpaired) electrons. The lowest BCUT2D eigenvalue weighted by molar-refractivity contribution is 0.0595. The molecule has 0 aromatic carbocycles. The highest BCUT2D eigenvalue weighted by atomic mass is 35.5. The van der Waals surface area contributed by atoms with E-state index in [4.69, 9.17) is 21.3 Å². The highest BCUT2D eigenvalue weighted by molar-refractivity contribution is 6.33. The van der Waals surface area contributed by atoms with Crippen molar-refractivity contribution < 1.29 is 9.84 Å². The second-order valence-electron chi connectivity index (χ2n) is 8.29. The number of aromatic nitrogens is 3. The fourth-order valence-electron chi connectivity index (χ4n) is 4.23. The first kappa shape index (κ1) is 22.9. The fourth-order valence-corrected chi connectivity index (χ4v) is 4.43. The van der Waals surface area contributed by atoms with Crippen molar-refractivity contribution in [3.8, 4) is 11.3 Å². The maximum Gasteiger partial charge on any atom is 0.145 e. The second kappa shape index (κ2) is 11.0. The van der Waals surface area contributed by atoms with Crippen LogP contribution in [0.2, 0.25) is 5.02 Å². The van der Waals surface area contributed by atoms with Crippen LogP contribution in [0.4, 0.5) is 5.82 Å². The quantitative estimate of drug-likeness (QED) is 0.684. The summed E-state index contributed by atoms with van der Waals surface area (Å²) in [6.45, 7) is 2.51. The molecule has 2 aliphatic rings. The Bertz CT molecular complexity index is 806. The zero-order chi connectivity index (χ0) is 20.1. The first-order valence-corrected chi connectivity index (χ1v) is 11.0.